The molecule has 0 fully saturated rings. The second kappa shape index (κ2) is 6.77. The van der Waals surface area contributed by atoms with Crippen LogP contribution in [-0.2, 0) is 9.84 Å². The van der Waals surface area contributed by atoms with Crippen LogP contribution in [-0.4, -0.2) is 13.7 Å². The Hall–Kier alpha value is -1.27. The quantitative estimate of drug-likeness (QED) is 0.774. The van der Waals surface area contributed by atoms with E-state index in [0.717, 1.165) is 32.1 Å². The second-order valence-electron chi connectivity index (χ2n) is 4.97. The predicted molar refractivity (Wildman–Crippen MR) is 77.5 cm³/mol. The highest BCUT2D eigenvalue weighted by Gasteiger charge is 2.26. The highest BCUT2D eigenvalue weighted by Crippen LogP contribution is 2.24. The fourth-order valence-electron chi connectivity index (χ4n) is 2.43. The van der Waals surface area contributed by atoms with E-state index in [0.29, 0.717) is 17.7 Å². The maximum absolute atomic E-state index is 12.6. The van der Waals surface area contributed by atoms with Crippen LogP contribution in [0.15, 0.2) is 35.2 Å². The maximum Gasteiger partial charge on any atom is 0.181 e. The molecule has 0 aliphatic heterocycles. The summed E-state index contributed by atoms with van der Waals surface area (Å²) in [4.78, 5) is 0.449. The topological polar surface area (TPSA) is 34.1 Å². The number of benzene rings is 1. The minimum Gasteiger partial charge on any atom is -0.223 e. The standard InChI is InChI=1S/C16H20O2S/c17-19(18,16-13-9-6-10-14-16)15-11-7-4-2-1-3-5-8-12-15/h6,9-10,13-15H,1-2,4,7-8,11-12H2. The van der Waals surface area contributed by atoms with Crippen LogP contribution < -0.4 is 0 Å². The molecule has 1 unspecified atom stereocenters. The normalized spacial score (nSPS) is 21.2. The first-order valence-electron chi connectivity index (χ1n) is 6.96. The molecule has 2 rings (SSSR count). The molecule has 3 heteroatoms. The fraction of sp³-hybridized carbons (Fsp3) is 0.500. The third-order valence-corrected chi connectivity index (χ3v) is 5.83. The van der Waals surface area contributed by atoms with Crippen LogP contribution in [0.2, 0.25) is 0 Å². The van der Waals surface area contributed by atoms with Gasteiger partial charge in [-0.2, -0.15) is 0 Å². The summed E-state index contributed by atoms with van der Waals surface area (Å²) in [5.74, 6) is 6.22. The molecular weight excluding hydrogens is 256 g/mol. The Bertz CT molecular complexity index is 549. The van der Waals surface area contributed by atoms with E-state index < -0.39 is 9.84 Å². The molecule has 102 valence electrons. The molecule has 1 aliphatic rings. The SMILES string of the molecule is O=S(=O)(c1ccccc1)C1CCC#CCCCCC1. The van der Waals surface area contributed by atoms with Crippen molar-refractivity contribution in [2.24, 2.45) is 0 Å². The number of hydrogen-bond acceptors (Lipinski definition) is 2. The summed E-state index contributed by atoms with van der Waals surface area (Å²) in [7, 11) is -3.20. The number of hydrogen-bond donors (Lipinski definition) is 0. The van der Waals surface area contributed by atoms with Crippen molar-refractivity contribution in [3.8, 4) is 11.8 Å². The van der Waals surface area contributed by atoms with Crippen LogP contribution in [0.25, 0.3) is 0 Å². The predicted octanol–water partition coefficient (Wildman–Crippen LogP) is 3.58. The first-order valence-corrected chi connectivity index (χ1v) is 8.50. The van der Waals surface area contributed by atoms with Gasteiger partial charge >= 0.3 is 0 Å². The van der Waals surface area contributed by atoms with Gasteiger partial charge in [0.1, 0.15) is 0 Å². The van der Waals surface area contributed by atoms with Crippen molar-refractivity contribution in [1.82, 2.24) is 0 Å². The van der Waals surface area contributed by atoms with Gasteiger partial charge in [-0.3, -0.25) is 0 Å². The molecule has 0 radical (unpaired) electrons. The molecular formula is C16H20O2S. The van der Waals surface area contributed by atoms with E-state index in [4.69, 9.17) is 0 Å². The molecule has 1 aromatic rings. The third-order valence-electron chi connectivity index (χ3n) is 3.55. The van der Waals surface area contributed by atoms with Gasteiger partial charge in [-0.25, -0.2) is 8.42 Å². The van der Waals surface area contributed by atoms with Crippen LogP contribution >= 0.6 is 0 Å². The van der Waals surface area contributed by atoms with Gasteiger partial charge in [-0.05, 0) is 31.4 Å². The van der Waals surface area contributed by atoms with Crippen molar-refractivity contribution in [1.29, 1.82) is 0 Å². The van der Waals surface area contributed by atoms with E-state index in [1.54, 1.807) is 24.3 Å². The lowest BCUT2D eigenvalue weighted by Crippen LogP contribution is -2.21. The molecule has 0 saturated heterocycles. The molecule has 0 aromatic heterocycles. The van der Waals surface area contributed by atoms with E-state index in [2.05, 4.69) is 11.8 Å². The van der Waals surface area contributed by atoms with Gasteiger partial charge in [-0.1, -0.05) is 31.0 Å². The molecule has 0 saturated carbocycles. The van der Waals surface area contributed by atoms with Gasteiger partial charge < -0.3 is 0 Å². The monoisotopic (exact) mass is 276 g/mol. The summed E-state index contributed by atoms with van der Waals surface area (Å²) >= 11 is 0. The van der Waals surface area contributed by atoms with E-state index in [-0.39, 0.29) is 5.25 Å². The Kier molecular flexibility index (Phi) is 5.04. The van der Waals surface area contributed by atoms with Crippen molar-refractivity contribution >= 4 is 9.84 Å². The average molecular weight is 276 g/mol. The van der Waals surface area contributed by atoms with Crippen molar-refractivity contribution in [2.45, 2.75) is 55.1 Å². The van der Waals surface area contributed by atoms with Crippen LogP contribution in [0.5, 0.6) is 0 Å². The zero-order chi connectivity index (χ0) is 13.6. The van der Waals surface area contributed by atoms with Crippen molar-refractivity contribution < 1.29 is 8.42 Å². The molecule has 0 bridgehead atoms. The minimum absolute atomic E-state index is 0.276. The number of rotatable bonds is 2. The first-order chi connectivity index (χ1) is 9.21. The third kappa shape index (κ3) is 3.84. The summed E-state index contributed by atoms with van der Waals surface area (Å²) in [6.45, 7) is 0. The second-order valence-corrected chi connectivity index (χ2v) is 7.20. The van der Waals surface area contributed by atoms with Gasteiger partial charge in [0.2, 0.25) is 0 Å². The highest BCUT2D eigenvalue weighted by molar-refractivity contribution is 7.92. The minimum atomic E-state index is -3.20. The summed E-state index contributed by atoms with van der Waals surface area (Å²) in [5.41, 5.74) is 0. The van der Waals surface area contributed by atoms with Gasteiger partial charge in [0.15, 0.2) is 9.84 Å². The van der Waals surface area contributed by atoms with E-state index >= 15 is 0 Å². The summed E-state index contributed by atoms with van der Waals surface area (Å²) in [5, 5.41) is -0.276. The smallest absolute Gasteiger partial charge is 0.181 e. The Labute approximate surface area is 116 Å². The highest BCUT2D eigenvalue weighted by atomic mass is 32.2. The van der Waals surface area contributed by atoms with E-state index in [9.17, 15) is 8.42 Å². The van der Waals surface area contributed by atoms with Crippen LogP contribution in [0.4, 0.5) is 0 Å². The van der Waals surface area contributed by atoms with Crippen LogP contribution in [0.1, 0.15) is 44.9 Å². The van der Waals surface area contributed by atoms with Gasteiger partial charge in [0.25, 0.3) is 0 Å². The summed E-state index contributed by atoms with van der Waals surface area (Å²) < 4.78 is 25.2. The zero-order valence-corrected chi connectivity index (χ0v) is 12.0. The van der Waals surface area contributed by atoms with Gasteiger partial charge in [0, 0.05) is 12.8 Å². The Morgan fingerprint density at radius 1 is 0.895 bits per heavy atom. The molecule has 2 nitrogen and oxygen atoms in total. The molecule has 0 N–H and O–H groups in total. The zero-order valence-electron chi connectivity index (χ0n) is 11.1. The summed E-state index contributed by atoms with van der Waals surface area (Å²) in [6.07, 6.45) is 6.22. The summed E-state index contributed by atoms with van der Waals surface area (Å²) in [6, 6.07) is 8.80. The molecule has 1 aliphatic carbocycles. The van der Waals surface area contributed by atoms with Crippen molar-refractivity contribution in [3.05, 3.63) is 30.3 Å². The van der Waals surface area contributed by atoms with Crippen molar-refractivity contribution in [3.63, 3.8) is 0 Å². The molecule has 0 amide bonds. The van der Waals surface area contributed by atoms with Gasteiger partial charge in [-0.15, -0.1) is 11.8 Å². The lowest BCUT2D eigenvalue weighted by molar-refractivity contribution is 0.544. The Morgan fingerprint density at radius 3 is 2.42 bits per heavy atom. The maximum atomic E-state index is 12.6. The molecule has 0 spiro atoms. The van der Waals surface area contributed by atoms with Crippen molar-refractivity contribution in [2.75, 3.05) is 0 Å². The largest absolute Gasteiger partial charge is 0.223 e. The Balaban J connectivity index is 2.19. The van der Waals surface area contributed by atoms with Crippen LogP contribution in [0, 0.1) is 11.8 Å². The Morgan fingerprint density at radius 2 is 1.63 bits per heavy atom. The number of sulfone groups is 1. The average Bonchev–Trinajstić information content (AvgIpc) is 2.45. The molecule has 19 heavy (non-hydrogen) atoms. The molecule has 1 atom stereocenters. The van der Waals surface area contributed by atoms with E-state index in [1.165, 1.54) is 0 Å². The van der Waals surface area contributed by atoms with E-state index in [1.807, 2.05) is 6.07 Å². The lowest BCUT2D eigenvalue weighted by Gasteiger charge is -2.17. The lowest BCUT2D eigenvalue weighted by atomic mass is 10.1. The fourth-order valence-corrected chi connectivity index (χ4v) is 4.26. The first kappa shape index (κ1) is 14.1. The molecule has 0 heterocycles. The van der Waals surface area contributed by atoms with Crippen LogP contribution in [0.3, 0.4) is 0 Å². The molecule has 1 aromatic carbocycles. The van der Waals surface area contributed by atoms with Gasteiger partial charge in [0.05, 0.1) is 10.1 Å².